The van der Waals surface area contributed by atoms with E-state index in [-0.39, 0.29) is 40.1 Å². The molecule has 0 bridgehead atoms. The van der Waals surface area contributed by atoms with Crippen molar-refractivity contribution in [2.45, 2.75) is 13.8 Å². The molecule has 1 radical (unpaired) electrons. The molecule has 0 aliphatic rings. The molecule has 0 fully saturated rings. The molecule has 0 aromatic carbocycles. The van der Waals surface area contributed by atoms with Crippen LogP contribution in [0.25, 0.3) is 0 Å². The van der Waals surface area contributed by atoms with Crippen LogP contribution < -0.4 is 0 Å². The zero-order chi connectivity index (χ0) is 6.83. The van der Waals surface area contributed by atoms with E-state index in [0.717, 1.165) is 0 Å². The van der Waals surface area contributed by atoms with Crippen LogP contribution in [0.3, 0.4) is 0 Å². The quantitative estimate of drug-likeness (QED) is 0.510. The summed E-state index contributed by atoms with van der Waals surface area (Å²) in [7, 11) is 0. The third-order valence-electron chi connectivity index (χ3n) is 0.251. The van der Waals surface area contributed by atoms with Crippen LogP contribution in [0, 0.1) is 7.43 Å². The smallest absolute Gasteiger partial charge is 0 e. The number of hydrogen-bond acceptors (Lipinski definition) is 1. The van der Waals surface area contributed by atoms with E-state index in [1.807, 2.05) is 18.2 Å². The summed E-state index contributed by atoms with van der Waals surface area (Å²) in [4.78, 5) is 3.23. The van der Waals surface area contributed by atoms with Gasteiger partial charge in [-0.15, -0.1) is 0 Å². The van der Waals surface area contributed by atoms with E-state index in [2.05, 4.69) is 4.99 Å². The first-order valence-electron chi connectivity index (χ1n) is 2.42. The Labute approximate surface area is 101 Å². The fourth-order valence-electron chi connectivity index (χ4n) is 0.0848. The Hall–Kier alpha value is 1.07. The first kappa shape index (κ1) is 22.5. The van der Waals surface area contributed by atoms with Crippen LogP contribution in [0.2, 0.25) is 0 Å². The van der Waals surface area contributed by atoms with Crippen molar-refractivity contribution in [3.63, 3.8) is 0 Å². The Morgan fingerprint density at radius 3 is 1.90 bits per heavy atom. The summed E-state index contributed by atoms with van der Waals surface area (Å²) in [5.41, 5.74) is 0. The largest absolute Gasteiger partial charge is 0.358 e. The number of aliphatic imine (C=N–C) groups is 1. The molecular weight excluding hydrogens is 371 g/mol. The van der Waals surface area contributed by atoms with Gasteiger partial charge in [-0.2, -0.15) is 0 Å². The van der Waals surface area contributed by atoms with Gasteiger partial charge in [-0.1, -0.05) is 13.8 Å². The molecule has 0 saturated carbocycles. The molecule has 0 atom stereocenters. The maximum absolute atomic E-state index is 4.74. The van der Waals surface area contributed by atoms with Gasteiger partial charge in [0.15, 0.2) is 0 Å². The molecule has 0 saturated heterocycles. The van der Waals surface area contributed by atoms with Gasteiger partial charge in [0, 0.05) is 32.7 Å². The minimum absolute atomic E-state index is 0. The Kier molecular flexibility index (Phi) is 72.4. The molecule has 0 heterocycles. The van der Waals surface area contributed by atoms with Gasteiger partial charge in [0.05, 0.1) is 0 Å². The standard InChI is InChI=1S/C4H4N.C2H6.CH3.W.Y/c1-3-4-5-2;1-2;;;/h1-4H;1-2H3;1H3;;/q-1;;-1;;. The molecule has 3 heteroatoms. The van der Waals surface area contributed by atoms with Gasteiger partial charge < -0.3 is 7.43 Å². The Balaban J connectivity index is -0.0000000412. The van der Waals surface area contributed by atoms with Gasteiger partial charge in [-0.25, -0.2) is 0 Å². The second-order valence-corrected chi connectivity index (χ2v) is 1.60. The molecule has 10 heavy (non-hydrogen) atoms. The van der Waals surface area contributed by atoms with Gasteiger partial charge >= 0.3 is 47.7 Å². The minimum atomic E-state index is 0. The third kappa shape index (κ3) is 35.6. The van der Waals surface area contributed by atoms with E-state index < -0.39 is 0 Å². The molecule has 0 rings (SSSR count). The molecule has 0 aliphatic heterocycles. The fraction of sp³-hybridized carbons (Fsp3) is 0.286. The third-order valence-corrected chi connectivity index (χ3v) is 0.815. The average molecular weight is 384 g/mol. The van der Waals surface area contributed by atoms with E-state index in [1.54, 1.807) is 12.3 Å². The van der Waals surface area contributed by atoms with Gasteiger partial charge in [0.1, 0.15) is 0 Å². The van der Waals surface area contributed by atoms with Crippen molar-refractivity contribution in [3.8, 4) is 0 Å². The zero-order valence-corrected chi connectivity index (χ0v) is 12.5. The number of nitrogens with zero attached hydrogens (tertiary/aromatic N) is 1. The van der Waals surface area contributed by atoms with Crippen LogP contribution in [0.5, 0.6) is 0 Å². The SMILES string of the molecule is CC.[CH-]=NC=C[CH]=[W].[CH3-].[Y]. The van der Waals surface area contributed by atoms with Crippen LogP contribution in [-0.2, 0) is 52.1 Å². The van der Waals surface area contributed by atoms with Gasteiger partial charge in [0.25, 0.3) is 0 Å². The second-order valence-electron chi connectivity index (χ2n) is 0.627. The fourth-order valence-corrected chi connectivity index (χ4v) is 0.337. The second kappa shape index (κ2) is 32.2. The molecule has 57 valence electrons. The molecule has 0 aromatic heterocycles. The van der Waals surface area contributed by atoms with Crippen LogP contribution in [-0.4, -0.2) is 11.1 Å². The maximum atomic E-state index is 4.74. The van der Waals surface area contributed by atoms with E-state index >= 15 is 0 Å². The van der Waals surface area contributed by atoms with Crippen molar-refractivity contribution in [1.29, 1.82) is 0 Å². The Morgan fingerprint density at radius 2 is 1.80 bits per heavy atom. The summed E-state index contributed by atoms with van der Waals surface area (Å²) in [6.07, 6.45) is 3.35. The predicted molar refractivity (Wildman–Crippen MR) is 41.5 cm³/mol. The summed E-state index contributed by atoms with van der Waals surface area (Å²) in [6, 6.07) is 0. The van der Waals surface area contributed by atoms with E-state index in [4.69, 9.17) is 6.72 Å². The molecule has 0 spiro atoms. The first-order valence-corrected chi connectivity index (χ1v) is 4.11. The molecule has 0 aliphatic carbocycles. The molecule has 0 unspecified atom stereocenters. The van der Waals surface area contributed by atoms with E-state index in [9.17, 15) is 0 Å². The van der Waals surface area contributed by atoms with Crippen LogP contribution in [0.4, 0.5) is 0 Å². The maximum Gasteiger partial charge on any atom is 0 e. The molecular formula is C7H13NWY-2. The van der Waals surface area contributed by atoms with E-state index in [0.29, 0.717) is 0 Å². The molecule has 0 amide bonds. The predicted octanol–water partition coefficient (Wildman–Crippen LogP) is 1.90. The average Bonchev–Trinajstić information content (AvgIpc) is 1.88. The monoisotopic (exact) mass is 384 g/mol. The van der Waals surface area contributed by atoms with Crippen molar-refractivity contribution in [2.24, 2.45) is 4.99 Å². The number of rotatable bonds is 2. The molecule has 0 N–H and O–H groups in total. The minimum Gasteiger partial charge on any atom is -0.358 e. The van der Waals surface area contributed by atoms with Gasteiger partial charge in [0.2, 0.25) is 0 Å². The van der Waals surface area contributed by atoms with Crippen molar-refractivity contribution in [3.05, 3.63) is 19.7 Å². The number of allylic oxidation sites excluding steroid dienone is 1. The molecule has 1 nitrogen and oxygen atoms in total. The number of hydrogen-bond donors (Lipinski definition) is 0. The van der Waals surface area contributed by atoms with Crippen molar-refractivity contribution >= 4 is 11.1 Å². The Morgan fingerprint density at radius 1 is 1.40 bits per heavy atom. The van der Waals surface area contributed by atoms with Gasteiger partial charge in [-0.05, 0) is 0 Å². The van der Waals surface area contributed by atoms with Gasteiger partial charge in [-0.3, -0.25) is 0 Å². The summed E-state index contributed by atoms with van der Waals surface area (Å²) < 4.78 is 1.94. The Bertz CT molecular complexity index is 71.7. The van der Waals surface area contributed by atoms with Crippen LogP contribution in [0.1, 0.15) is 13.8 Å². The summed E-state index contributed by atoms with van der Waals surface area (Å²) in [5.74, 6) is 0. The summed E-state index contributed by atoms with van der Waals surface area (Å²) in [6.45, 7) is 8.74. The van der Waals surface area contributed by atoms with Crippen LogP contribution >= 0.6 is 0 Å². The zero-order valence-electron chi connectivity index (χ0n) is 6.74. The van der Waals surface area contributed by atoms with Crippen LogP contribution in [0.15, 0.2) is 17.3 Å². The van der Waals surface area contributed by atoms with E-state index in [1.165, 1.54) is 19.4 Å². The van der Waals surface area contributed by atoms with Crippen molar-refractivity contribution < 1.29 is 52.1 Å². The molecule has 0 aromatic rings. The topological polar surface area (TPSA) is 12.4 Å². The summed E-state index contributed by atoms with van der Waals surface area (Å²) >= 11 is 1.41. The van der Waals surface area contributed by atoms with Crippen molar-refractivity contribution in [2.75, 3.05) is 0 Å². The normalized spacial score (nSPS) is 5.80. The summed E-state index contributed by atoms with van der Waals surface area (Å²) in [5, 5.41) is 0. The first-order chi connectivity index (χ1) is 3.91. The van der Waals surface area contributed by atoms with Crippen molar-refractivity contribution in [1.82, 2.24) is 0 Å².